The lowest BCUT2D eigenvalue weighted by molar-refractivity contribution is 0.720. The molecule has 21 heavy (non-hydrogen) atoms. The maximum Gasteiger partial charge on any atom is 0.138 e. The quantitative estimate of drug-likeness (QED) is 0.189. The molecule has 0 aromatic heterocycles. The molecule has 1 heteroatoms. The average molecular weight is 309 g/mol. The van der Waals surface area contributed by atoms with Crippen molar-refractivity contribution in [2.75, 3.05) is 0 Å². The predicted octanol–water partition coefficient (Wildman–Crippen LogP) is 7.35. The van der Waals surface area contributed by atoms with Gasteiger partial charge in [-0.05, 0) is 24.6 Å². The van der Waals surface area contributed by atoms with Crippen molar-refractivity contribution in [2.24, 2.45) is 0 Å². The van der Waals surface area contributed by atoms with Crippen molar-refractivity contribution < 1.29 is 0 Å². The van der Waals surface area contributed by atoms with Crippen molar-refractivity contribution in [1.29, 1.82) is 0 Å². The van der Waals surface area contributed by atoms with Crippen LogP contribution in [0.25, 0.3) is 0 Å². The Hall–Kier alpha value is -0.223. The fourth-order valence-electron chi connectivity index (χ4n) is 3.08. The van der Waals surface area contributed by atoms with Gasteiger partial charge in [0.05, 0.1) is 0 Å². The number of hydrogen-bond acceptors (Lipinski definition) is 0. The largest absolute Gasteiger partial charge is 0.138 e. The SMILES string of the molecule is CCCC#C[Si](CCCCC)(CCCCC)CCCCC. The van der Waals surface area contributed by atoms with Gasteiger partial charge in [-0.1, -0.05) is 85.5 Å². The molecule has 0 saturated heterocycles. The molecule has 0 atom stereocenters. The normalized spacial score (nSPS) is 11.2. The third-order valence-corrected chi connectivity index (χ3v) is 9.14. The molecule has 0 spiro atoms. The van der Waals surface area contributed by atoms with Gasteiger partial charge in [0.25, 0.3) is 0 Å². The number of unbranched alkanes of at least 4 members (excludes halogenated alkanes) is 7. The van der Waals surface area contributed by atoms with Gasteiger partial charge in [-0.2, -0.15) is 0 Å². The molecule has 0 amide bonds. The topological polar surface area (TPSA) is 0 Å². The van der Waals surface area contributed by atoms with Gasteiger partial charge in [0.1, 0.15) is 8.07 Å². The van der Waals surface area contributed by atoms with Gasteiger partial charge < -0.3 is 0 Å². The summed E-state index contributed by atoms with van der Waals surface area (Å²) in [5.41, 5.74) is 3.90. The van der Waals surface area contributed by atoms with E-state index < -0.39 is 8.07 Å². The summed E-state index contributed by atoms with van der Waals surface area (Å²) < 4.78 is 0. The molecule has 0 bridgehead atoms. The van der Waals surface area contributed by atoms with E-state index >= 15 is 0 Å². The lowest BCUT2D eigenvalue weighted by atomic mass is 10.3. The molecule has 0 heterocycles. The first-order valence-electron chi connectivity index (χ1n) is 9.74. The van der Waals surface area contributed by atoms with Crippen molar-refractivity contribution in [3.8, 4) is 11.5 Å². The van der Waals surface area contributed by atoms with E-state index in [-0.39, 0.29) is 0 Å². The Morgan fingerprint density at radius 3 is 1.33 bits per heavy atom. The second kappa shape index (κ2) is 14.7. The monoisotopic (exact) mass is 308 g/mol. The molecule has 0 aromatic carbocycles. The first kappa shape index (κ1) is 20.8. The van der Waals surface area contributed by atoms with Gasteiger partial charge >= 0.3 is 0 Å². The van der Waals surface area contributed by atoms with Crippen LogP contribution in [0.2, 0.25) is 18.1 Å². The summed E-state index contributed by atoms with van der Waals surface area (Å²) in [6.07, 6.45) is 14.9. The molecule has 0 fully saturated rings. The fourth-order valence-corrected chi connectivity index (χ4v) is 7.48. The van der Waals surface area contributed by atoms with Crippen molar-refractivity contribution >= 4 is 8.07 Å². The average Bonchev–Trinajstić information content (AvgIpc) is 2.48. The highest BCUT2D eigenvalue weighted by molar-refractivity contribution is 6.87. The fraction of sp³-hybridized carbons (Fsp3) is 0.900. The second-order valence-corrected chi connectivity index (χ2v) is 11.0. The molecule has 0 N–H and O–H groups in total. The summed E-state index contributed by atoms with van der Waals surface area (Å²) in [4.78, 5) is 0. The van der Waals surface area contributed by atoms with Gasteiger partial charge in [0, 0.05) is 6.42 Å². The third-order valence-electron chi connectivity index (χ3n) is 4.51. The Labute approximate surface area is 136 Å². The van der Waals surface area contributed by atoms with Crippen molar-refractivity contribution in [2.45, 2.75) is 116 Å². The number of hydrogen-bond donors (Lipinski definition) is 0. The molecule has 0 rings (SSSR count). The van der Waals surface area contributed by atoms with Crippen molar-refractivity contribution in [3.63, 3.8) is 0 Å². The smallest absolute Gasteiger partial charge is 0.131 e. The predicted molar refractivity (Wildman–Crippen MR) is 101 cm³/mol. The van der Waals surface area contributed by atoms with Crippen LogP contribution in [0.15, 0.2) is 0 Å². The third kappa shape index (κ3) is 11.1. The van der Waals surface area contributed by atoms with Crippen LogP contribution < -0.4 is 0 Å². The van der Waals surface area contributed by atoms with E-state index in [1.807, 2.05) is 0 Å². The zero-order valence-corrected chi connectivity index (χ0v) is 16.4. The highest BCUT2D eigenvalue weighted by atomic mass is 28.3. The minimum Gasteiger partial charge on any atom is -0.131 e. The van der Waals surface area contributed by atoms with Crippen molar-refractivity contribution in [1.82, 2.24) is 0 Å². The summed E-state index contributed by atoms with van der Waals surface area (Å²) in [5, 5.41) is 0. The van der Waals surface area contributed by atoms with E-state index in [2.05, 4.69) is 39.2 Å². The van der Waals surface area contributed by atoms with E-state index in [9.17, 15) is 0 Å². The van der Waals surface area contributed by atoms with Crippen LogP contribution in [0.4, 0.5) is 0 Å². The molecule has 0 aliphatic heterocycles. The van der Waals surface area contributed by atoms with Crippen LogP contribution in [0.5, 0.6) is 0 Å². The van der Waals surface area contributed by atoms with E-state index in [0.29, 0.717) is 0 Å². The zero-order valence-electron chi connectivity index (χ0n) is 15.4. The van der Waals surface area contributed by atoms with Gasteiger partial charge in [-0.3, -0.25) is 0 Å². The minimum atomic E-state index is -1.31. The molecule has 0 unspecified atom stereocenters. The highest BCUT2D eigenvalue weighted by Crippen LogP contribution is 2.28. The zero-order chi connectivity index (χ0) is 15.8. The first-order chi connectivity index (χ1) is 10.2. The summed E-state index contributed by atoms with van der Waals surface area (Å²) in [5.74, 6) is 3.57. The summed E-state index contributed by atoms with van der Waals surface area (Å²) >= 11 is 0. The maximum absolute atomic E-state index is 3.90. The lowest BCUT2D eigenvalue weighted by Gasteiger charge is -2.26. The molecule has 0 aliphatic carbocycles. The Kier molecular flexibility index (Phi) is 14.5. The summed E-state index contributed by atoms with van der Waals surface area (Å²) in [6, 6.07) is 4.43. The Morgan fingerprint density at radius 1 is 0.571 bits per heavy atom. The molecule has 0 radical (unpaired) electrons. The molecular weight excluding hydrogens is 268 g/mol. The van der Waals surface area contributed by atoms with E-state index in [1.54, 1.807) is 0 Å². The van der Waals surface area contributed by atoms with Crippen molar-refractivity contribution in [3.05, 3.63) is 0 Å². The molecule has 0 nitrogen and oxygen atoms in total. The minimum absolute atomic E-state index is 1.12. The van der Waals surface area contributed by atoms with Crippen LogP contribution in [0, 0.1) is 11.5 Å². The van der Waals surface area contributed by atoms with E-state index in [0.717, 1.165) is 6.42 Å². The Bertz CT molecular complexity index is 245. The second-order valence-electron chi connectivity index (χ2n) is 6.70. The van der Waals surface area contributed by atoms with Crippen LogP contribution in [-0.2, 0) is 0 Å². The van der Waals surface area contributed by atoms with Gasteiger partial charge in [0.2, 0.25) is 0 Å². The van der Waals surface area contributed by atoms with Gasteiger partial charge in [0.15, 0.2) is 0 Å². The van der Waals surface area contributed by atoms with Crippen LogP contribution >= 0.6 is 0 Å². The van der Waals surface area contributed by atoms with Gasteiger partial charge in [-0.25, -0.2) is 0 Å². The first-order valence-corrected chi connectivity index (χ1v) is 12.4. The molecule has 0 aliphatic rings. The van der Waals surface area contributed by atoms with E-state index in [1.165, 1.54) is 82.3 Å². The number of rotatable bonds is 13. The summed E-state index contributed by atoms with van der Waals surface area (Å²) in [7, 11) is -1.31. The van der Waals surface area contributed by atoms with Crippen LogP contribution in [-0.4, -0.2) is 8.07 Å². The molecule has 0 aromatic rings. The molecule has 0 saturated carbocycles. The maximum atomic E-state index is 3.90. The highest BCUT2D eigenvalue weighted by Gasteiger charge is 2.29. The summed E-state index contributed by atoms with van der Waals surface area (Å²) in [6.45, 7) is 9.21. The molecule has 124 valence electrons. The Balaban J connectivity index is 4.74. The van der Waals surface area contributed by atoms with Gasteiger partial charge in [-0.15, -0.1) is 11.5 Å². The van der Waals surface area contributed by atoms with Crippen LogP contribution in [0.3, 0.4) is 0 Å². The van der Waals surface area contributed by atoms with E-state index in [4.69, 9.17) is 0 Å². The lowest BCUT2D eigenvalue weighted by Crippen LogP contribution is -2.32. The Morgan fingerprint density at radius 2 is 1.00 bits per heavy atom. The standard InChI is InChI=1S/C20H40Si/c1-5-9-13-17-21(18-14-10-6-2,19-15-11-7-3)20-16-12-8-4/h5-15,17-19H2,1-4H3. The van der Waals surface area contributed by atoms with Crippen LogP contribution in [0.1, 0.15) is 98.3 Å². The molecular formula is C20H40Si.